The summed E-state index contributed by atoms with van der Waals surface area (Å²) in [5.41, 5.74) is 1.15. The second-order valence-electron chi connectivity index (χ2n) is 7.59. The average molecular weight is 365 g/mol. The fraction of sp³-hybridized carbons (Fsp3) is 0.360. The summed E-state index contributed by atoms with van der Waals surface area (Å²) in [4.78, 5) is 0. The van der Waals surface area contributed by atoms with Crippen LogP contribution < -0.4 is 0 Å². The van der Waals surface area contributed by atoms with E-state index in [1.54, 1.807) is 6.08 Å². The van der Waals surface area contributed by atoms with E-state index in [9.17, 15) is 10.2 Å². The Morgan fingerprint density at radius 1 is 0.815 bits per heavy atom. The number of hydrogen-bond acceptors (Lipinski definition) is 2. The molecule has 2 rings (SSSR count). The van der Waals surface area contributed by atoms with Gasteiger partial charge in [-0.1, -0.05) is 73.3 Å². The van der Waals surface area contributed by atoms with Crippen molar-refractivity contribution in [3.05, 3.63) is 96.6 Å². The molecule has 2 unspecified atom stereocenters. The van der Waals surface area contributed by atoms with Crippen molar-refractivity contribution < 1.29 is 10.2 Å². The molecular formula is C25H32O2. The molecule has 2 aromatic rings. The molecule has 0 radical (unpaired) electrons. The van der Waals surface area contributed by atoms with Crippen LogP contribution in [0.2, 0.25) is 0 Å². The van der Waals surface area contributed by atoms with Gasteiger partial charge in [-0.05, 0) is 62.1 Å². The first-order valence-electron chi connectivity index (χ1n) is 9.69. The molecule has 144 valence electrons. The third-order valence-corrected chi connectivity index (χ3v) is 5.51. The third-order valence-electron chi connectivity index (χ3n) is 5.51. The number of benzene rings is 2. The van der Waals surface area contributed by atoms with Gasteiger partial charge in [0.1, 0.15) is 0 Å². The average Bonchev–Trinajstić information content (AvgIpc) is 2.71. The first-order valence-corrected chi connectivity index (χ1v) is 9.69. The van der Waals surface area contributed by atoms with E-state index in [4.69, 9.17) is 0 Å². The molecule has 0 heterocycles. The lowest BCUT2D eigenvalue weighted by Crippen LogP contribution is -2.35. The van der Waals surface area contributed by atoms with Crippen LogP contribution in [-0.4, -0.2) is 21.4 Å². The molecule has 2 nitrogen and oxygen atoms in total. The van der Waals surface area contributed by atoms with Crippen molar-refractivity contribution in [3.63, 3.8) is 0 Å². The van der Waals surface area contributed by atoms with Gasteiger partial charge in [-0.3, -0.25) is 0 Å². The van der Waals surface area contributed by atoms with E-state index in [0.29, 0.717) is 25.7 Å². The molecule has 0 fully saturated rings. The van der Waals surface area contributed by atoms with Gasteiger partial charge in [0.15, 0.2) is 0 Å². The van der Waals surface area contributed by atoms with Crippen molar-refractivity contribution in [2.45, 2.75) is 56.7 Å². The summed E-state index contributed by atoms with van der Waals surface area (Å²) >= 11 is 0. The number of hydrogen-bond donors (Lipinski definition) is 2. The fourth-order valence-electron chi connectivity index (χ4n) is 3.31. The molecule has 0 saturated carbocycles. The van der Waals surface area contributed by atoms with Gasteiger partial charge in [-0.2, -0.15) is 0 Å². The Morgan fingerprint density at radius 3 is 1.74 bits per heavy atom. The van der Waals surface area contributed by atoms with Gasteiger partial charge in [-0.25, -0.2) is 0 Å². The van der Waals surface area contributed by atoms with Crippen molar-refractivity contribution in [2.24, 2.45) is 0 Å². The Kier molecular flexibility index (Phi) is 7.58. The Bertz CT molecular complexity index is 723. The van der Waals surface area contributed by atoms with Gasteiger partial charge < -0.3 is 10.2 Å². The zero-order valence-corrected chi connectivity index (χ0v) is 16.4. The number of rotatable bonds is 11. The first kappa shape index (κ1) is 21.1. The van der Waals surface area contributed by atoms with Gasteiger partial charge in [0.2, 0.25) is 0 Å². The predicted molar refractivity (Wildman–Crippen MR) is 114 cm³/mol. The summed E-state index contributed by atoms with van der Waals surface area (Å²) < 4.78 is 0. The van der Waals surface area contributed by atoms with Crippen LogP contribution >= 0.6 is 0 Å². The van der Waals surface area contributed by atoms with Crippen LogP contribution in [0.1, 0.15) is 43.7 Å². The molecule has 0 bridgehead atoms. The first-order chi connectivity index (χ1) is 12.9. The van der Waals surface area contributed by atoms with Crippen molar-refractivity contribution in [3.8, 4) is 0 Å². The van der Waals surface area contributed by atoms with E-state index < -0.39 is 11.2 Å². The lowest BCUT2D eigenvalue weighted by atomic mass is 9.80. The number of aryl methyl sites for hydroxylation is 2. The minimum Gasteiger partial charge on any atom is -0.386 e. The van der Waals surface area contributed by atoms with Crippen molar-refractivity contribution in [1.82, 2.24) is 0 Å². The van der Waals surface area contributed by atoms with Crippen LogP contribution in [0.4, 0.5) is 0 Å². The standard InChI is InChI=1S/C25H32O2/c1-4-24(26,17-15-22-11-7-5-8-12-22)19-20-25(27,21(2)3)18-16-23-13-9-6-10-14-23/h4-14,26-27H,1-2,15-20H2,3H3. The Labute approximate surface area is 163 Å². The zero-order valence-electron chi connectivity index (χ0n) is 16.4. The van der Waals surface area contributed by atoms with Gasteiger partial charge in [0.25, 0.3) is 0 Å². The molecule has 0 aromatic heterocycles. The molecular weight excluding hydrogens is 332 g/mol. The Morgan fingerprint density at radius 2 is 1.30 bits per heavy atom. The van der Waals surface area contributed by atoms with Crippen LogP contribution in [0.15, 0.2) is 85.5 Å². The van der Waals surface area contributed by atoms with E-state index in [1.165, 1.54) is 11.1 Å². The lowest BCUT2D eigenvalue weighted by Gasteiger charge is -2.33. The molecule has 2 atom stereocenters. The van der Waals surface area contributed by atoms with Crippen LogP contribution in [0.3, 0.4) is 0 Å². The van der Waals surface area contributed by atoms with Gasteiger partial charge in [0, 0.05) is 0 Å². The van der Waals surface area contributed by atoms with Gasteiger partial charge in [0.05, 0.1) is 11.2 Å². The van der Waals surface area contributed by atoms with E-state index in [1.807, 2.05) is 43.3 Å². The zero-order chi connectivity index (χ0) is 19.8. The third kappa shape index (κ3) is 6.50. The predicted octanol–water partition coefficient (Wildman–Crippen LogP) is 5.26. The van der Waals surface area contributed by atoms with Crippen molar-refractivity contribution >= 4 is 0 Å². The SMILES string of the molecule is C=CC(O)(CCc1ccccc1)CCC(O)(CCc1ccccc1)C(=C)C. The van der Waals surface area contributed by atoms with E-state index in [0.717, 1.165) is 18.4 Å². The minimum atomic E-state index is -0.994. The molecule has 2 aromatic carbocycles. The highest BCUT2D eigenvalue weighted by Gasteiger charge is 2.32. The highest BCUT2D eigenvalue weighted by molar-refractivity contribution is 5.19. The molecule has 0 aliphatic heterocycles. The molecule has 0 aliphatic rings. The summed E-state index contributed by atoms with van der Waals surface area (Å²) in [6, 6.07) is 20.3. The van der Waals surface area contributed by atoms with Gasteiger partial charge >= 0.3 is 0 Å². The summed E-state index contributed by atoms with van der Waals surface area (Å²) in [6.45, 7) is 9.70. The smallest absolute Gasteiger partial charge is 0.0855 e. The maximum Gasteiger partial charge on any atom is 0.0855 e. The molecule has 27 heavy (non-hydrogen) atoms. The summed E-state index contributed by atoms with van der Waals surface area (Å²) in [5.74, 6) is 0. The Hall–Kier alpha value is -2.16. The Balaban J connectivity index is 1.96. The van der Waals surface area contributed by atoms with E-state index >= 15 is 0 Å². The normalized spacial score (nSPS) is 15.5. The fourth-order valence-corrected chi connectivity index (χ4v) is 3.31. The second-order valence-corrected chi connectivity index (χ2v) is 7.59. The number of aliphatic hydroxyl groups is 2. The second kappa shape index (κ2) is 9.68. The van der Waals surface area contributed by atoms with Crippen LogP contribution in [0.5, 0.6) is 0 Å². The molecule has 0 amide bonds. The van der Waals surface area contributed by atoms with Crippen molar-refractivity contribution in [2.75, 3.05) is 0 Å². The monoisotopic (exact) mass is 364 g/mol. The highest BCUT2D eigenvalue weighted by Crippen LogP contribution is 2.32. The molecule has 2 N–H and O–H groups in total. The molecule has 0 saturated heterocycles. The lowest BCUT2D eigenvalue weighted by molar-refractivity contribution is 0.0140. The van der Waals surface area contributed by atoms with E-state index in [2.05, 4.69) is 37.4 Å². The van der Waals surface area contributed by atoms with E-state index in [-0.39, 0.29) is 0 Å². The summed E-state index contributed by atoms with van der Waals surface area (Å²) in [6.07, 6.45) is 5.28. The largest absolute Gasteiger partial charge is 0.386 e. The topological polar surface area (TPSA) is 40.5 Å². The van der Waals surface area contributed by atoms with Crippen LogP contribution in [0.25, 0.3) is 0 Å². The maximum absolute atomic E-state index is 11.1. The summed E-state index contributed by atoms with van der Waals surface area (Å²) in [7, 11) is 0. The maximum atomic E-state index is 11.1. The van der Waals surface area contributed by atoms with Crippen LogP contribution in [-0.2, 0) is 12.8 Å². The summed E-state index contributed by atoms with van der Waals surface area (Å²) in [5, 5.41) is 22.1. The highest BCUT2D eigenvalue weighted by atomic mass is 16.3. The van der Waals surface area contributed by atoms with Gasteiger partial charge in [-0.15, -0.1) is 6.58 Å². The molecule has 0 spiro atoms. The molecule has 2 heteroatoms. The minimum absolute atomic E-state index is 0.460. The molecule has 0 aliphatic carbocycles. The van der Waals surface area contributed by atoms with Crippen molar-refractivity contribution in [1.29, 1.82) is 0 Å². The quantitative estimate of drug-likeness (QED) is 0.534. The van der Waals surface area contributed by atoms with Crippen LogP contribution in [0, 0.1) is 0 Å².